The van der Waals surface area contributed by atoms with E-state index in [1.54, 1.807) is 17.3 Å². The lowest BCUT2D eigenvalue weighted by molar-refractivity contribution is -0.135. The molecule has 0 radical (unpaired) electrons. The SMILES string of the molecule is CC12CC(c3ccncc3)=NN1C(=O)C1=C(N2)C(=O)N(CCN2CCOCC2)C1. The lowest BCUT2D eigenvalue weighted by Crippen LogP contribution is -2.58. The normalized spacial score (nSPS) is 27.1. The second kappa shape index (κ2) is 6.93. The first-order chi connectivity index (χ1) is 14.0. The number of hydrogen-bond acceptors (Lipinski definition) is 7. The molecule has 1 fully saturated rings. The standard InChI is InChI=1S/C20H24N6O3/c1-20-12-16(14-2-4-21-5-3-14)23-26(20)18(27)15-13-25(19(28)17(15)22-20)7-6-24-8-10-29-11-9-24/h2-5,22H,6-13H2,1H3. The van der Waals surface area contributed by atoms with E-state index in [1.807, 2.05) is 19.1 Å². The molecule has 5 heterocycles. The lowest BCUT2D eigenvalue weighted by Gasteiger charge is -2.38. The third-order valence-electron chi connectivity index (χ3n) is 6.00. The molecular formula is C20H24N6O3. The van der Waals surface area contributed by atoms with Gasteiger partial charge in [0.2, 0.25) is 0 Å². The summed E-state index contributed by atoms with van der Waals surface area (Å²) in [5.74, 6) is -0.285. The van der Waals surface area contributed by atoms with Gasteiger partial charge in [-0.05, 0) is 19.1 Å². The minimum Gasteiger partial charge on any atom is -0.379 e. The molecule has 1 aromatic rings. The van der Waals surface area contributed by atoms with Crippen molar-refractivity contribution in [2.45, 2.75) is 19.0 Å². The van der Waals surface area contributed by atoms with Crippen LogP contribution >= 0.6 is 0 Å². The van der Waals surface area contributed by atoms with Crippen molar-refractivity contribution in [1.29, 1.82) is 0 Å². The summed E-state index contributed by atoms with van der Waals surface area (Å²) in [5, 5.41) is 9.42. The summed E-state index contributed by atoms with van der Waals surface area (Å²) in [7, 11) is 0. The first kappa shape index (κ1) is 18.3. The maximum absolute atomic E-state index is 13.2. The van der Waals surface area contributed by atoms with E-state index in [0.717, 1.165) is 44.1 Å². The summed E-state index contributed by atoms with van der Waals surface area (Å²) < 4.78 is 5.37. The molecule has 4 aliphatic heterocycles. The summed E-state index contributed by atoms with van der Waals surface area (Å²) in [4.78, 5) is 34.2. The number of hydrogen-bond donors (Lipinski definition) is 1. The fraction of sp³-hybridized carbons (Fsp3) is 0.500. The van der Waals surface area contributed by atoms with Gasteiger partial charge in [-0.25, -0.2) is 5.01 Å². The Labute approximate surface area is 169 Å². The van der Waals surface area contributed by atoms with E-state index in [0.29, 0.717) is 30.8 Å². The number of ether oxygens (including phenoxy) is 1. The molecule has 1 atom stereocenters. The van der Waals surface area contributed by atoms with Gasteiger partial charge in [-0.1, -0.05) is 0 Å². The van der Waals surface area contributed by atoms with Gasteiger partial charge in [0.1, 0.15) is 11.4 Å². The second-order valence-electron chi connectivity index (χ2n) is 8.01. The van der Waals surface area contributed by atoms with Crippen molar-refractivity contribution in [2.75, 3.05) is 45.9 Å². The van der Waals surface area contributed by atoms with Crippen molar-refractivity contribution in [1.82, 2.24) is 25.1 Å². The minimum absolute atomic E-state index is 0.0974. The molecule has 2 amide bonds. The van der Waals surface area contributed by atoms with E-state index >= 15 is 0 Å². The van der Waals surface area contributed by atoms with Crippen LogP contribution in [0.2, 0.25) is 0 Å². The first-order valence-electron chi connectivity index (χ1n) is 9.98. The van der Waals surface area contributed by atoms with E-state index in [9.17, 15) is 9.59 Å². The number of rotatable bonds is 4. The van der Waals surface area contributed by atoms with Crippen molar-refractivity contribution in [3.8, 4) is 0 Å². The van der Waals surface area contributed by atoms with Crippen molar-refractivity contribution in [3.63, 3.8) is 0 Å². The van der Waals surface area contributed by atoms with Gasteiger partial charge in [-0.3, -0.25) is 19.5 Å². The number of fused-ring (bicyclic) bond motifs is 1. The molecule has 1 N–H and O–H groups in total. The largest absolute Gasteiger partial charge is 0.379 e. The summed E-state index contributed by atoms with van der Waals surface area (Å²) in [6.45, 7) is 6.85. The van der Waals surface area contributed by atoms with Crippen molar-refractivity contribution >= 4 is 17.5 Å². The van der Waals surface area contributed by atoms with Gasteiger partial charge in [-0.2, -0.15) is 5.10 Å². The number of carbonyl (C=O) groups excluding carboxylic acids is 2. The Morgan fingerprint density at radius 3 is 2.66 bits per heavy atom. The van der Waals surface area contributed by atoms with E-state index in [-0.39, 0.29) is 11.8 Å². The number of nitrogens with one attached hydrogen (secondary N) is 1. The summed E-state index contributed by atoms with van der Waals surface area (Å²) in [6, 6.07) is 3.76. The van der Waals surface area contributed by atoms with E-state index in [4.69, 9.17) is 4.74 Å². The number of carbonyl (C=O) groups is 2. The minimum atomic E-state index is -0.732. The van der Waals surface area contributed by atoms with Crippen molar-refractivity contribution in [3.05, 3.63) is 41.4 Å². The van der Waals surface area contributed by atoms with Crippen LogP contribution in [0.1, 0.15) is 18.9 Å². The highest BCUT2D eigenvalue weighted by Gasteiger charge is 2.51. The maximum atomic E-state index is 13.2. The Kier molecular flexibility index (Phi) is 4.36. The molecule has 0 saturated carbocycles. The van der Waals surface area contributed by atoms with Crippen LogP contribution in [0.4, 0.5) is 0 Å². The Bertz CT molecular complexity index is 908. The second-order valence-corrected chi connectivity index (χ2v) is 8.01. The van der Waals surface area contributed by atoms with Gasteiger partial charge in [0, 0.05) is 50.6 Å². The van der Waals surface area contributed by atoms with Gasteiger partial charge in [0.15, 0.2) is 0 Å². The van der Waals surface area contributed by atoms with E-state index in [2.05, 4.69) is 20.3 Å². The number of amides is 2. The first-order valence-corrected chi connectivity index (χ1v) is 9.98. The topological polar surface area (TPSA) is 90.4 Å². The molecule has 1 saturated heterocycles. The average molecular weight is 396 g/mol. The van der Waals surface area contributed by atoms with Crippen LogP contribution in [0.5, 0.6) is 0 Å². The van der Waals surface area contributed by atoms with Crippen molar-refractivity contribution < 1.29 is 14.3 Å². The Balaban J connectivity index is 1.31. The average Bonchev–Trinajstić information content (AvgIpc) is 3.26. The molecule has 9 heteroatoms. The molecular weight excluding hydrogens is 372 g/mol. The molecule has 152 valence electrons. The Morgan fingerprint density at radius 1 is 1.14 bits per heavy atom. The highest BCUT2D eigenvalue weighted by atomic mass is 16.5. The lowest BCUT2D eigenvalue weighted by atomic mass is 9.98. The quantitative estimate of drug-likeness (QED) is 0.756. The van der Waals surface area contributed by atoms with Gasteiger partial charge >= 0.3 is 0 Å². The van der Waals surface area contributed by atoms with E-state index < -0.39 is 5.66 Å². The molecule has 29 heavy (non-hydrogen) atoms. The van der Waals surface area contributed by atoms with Crippen LogP contribution in [-0.2, 0) is 14.3 Å². The zero-order valence-electron chi connectivity index (χ0n) is 16.4. The number of aromatic nitrogens is 1. The van der Waals surface area contributed by atoms with Crippen LogP contribution in [-0.4, -0.2) is 88.9 Å². The number of pyridine rings is 1. The van der Waals surface area contributed by atoms with E-state index in [1.165, 1.54) is 5.01 Å². The van der Waals surface area contributed by atoms with Gasteiger partial charge in [0.25, 0.3) is 11.8 Å². The van der Waals surface area contributed by atoms with Crippen molar-refractivity contribution in [2.24, 2.45) is 5.10 Å². The third-order valence-corrected chi connectivity index (χ3v) is 6.00. The molecule has 4 aliphatic rings. The van der Waals surface area contributed by atoms with Crippen LogP contribution < -0.4 is 5.32 Å². The number of hydrazone groups is 1. The molecule has 1 aromatic heterocycles. The Hall–Kier alpha value is -2.78. The molecule has 9 nitrogen and oxygen atoms in total. The molecule has 0 aromatic carbocycles. The highest BCUT2D eigenvalue weighted by Crippen LogP contribution is 2.36. The van der Waals surface area contributed by atoms with Crippen LogP contribution in [0, 0.1) is 0 Å². The highest BCUT2D eigenvalue weighted by molar-refractivity contribution is 6.12. The predicted octanol–water partition coefficient (Wildman–Crippen LogP) is -0.234. The molecule has 5 rings (SSSR count). The maximum Gasteiger partial charge on any atom is 0.276 e. The molecule has 0 aliphatic carbocycles. The smallest absolute Gasteiger partial charge is 0.276 e. The number of nitrogens with zero attached hydrogens (tertiary/aromatic N) is 5. The summed E-state index contributed by atoms with van der Waals surface area (Å²) >= 11 is 0. The zero-order valence-corrected chi connectivity index (χ0v) is 16.4. The molecule has 0 spiro atoms. The summed E-state index contributed by atoms with van der Waals surface area (Å²) in [5.41, 5.74) is 1.96. The van der Waals surface area contributed by atoms with Crippen LogP contribution in [0.25, 0.3) is 0 Å². The number of morpholine rings is 1. The summed E-state index contributed by atoms with van der Waals surface area (Å²) in [6.07, 6.45) is 3.95. The fourth-order valence-corrected chi connectivity index (χ4v) is 4.34. The van der Waals surface area contributed by atoms with Gasteiger partial charge < -0.3 is 15.0 Å². The third kappa shape index (κ3) is 3.10. The molecule has 1 unspecified atom stereocenters. The molecule has 0 bridgehead atoms. The zero-order chi connectivity index (χ0) is 20.0. The van der Waals surface area contributed by atoms with Crippen LogP contribution in [0.15, 0.2) is 40.9 Å². The van der Waals surface area contributed by atoms with Gasteiger partial charge in [0.05, 0.1) is 31.0 Å². The van der Waals surface area contributed by atoms with Gasteiger partial charge in [-0.15, -0.1) is 0 Å². The van der Waals surface area contributed by atoms with Crippen LogP contribution in [0.3, 0.4) is 0 Å². The Morgan fingerprint density at radius 2 is 1.90 bits per heavy atom. The monoisotopic (exact) mass is 396 g/mol. The fourth-order valence-electron chi connectivity index (χ4n) is 4.34. The predicted molar refractivity (Wildman–Crippen MR) is 105 cm³/mol.